The molecule has 0 amide bonds. The lowest BCUT2D eigenvalue weighted by atomic mass is 10.0. The molecule has 1 aliphatic rings. The van der Waals surface area contributed by atoms with Gasteiger partial charge in [0.2, 0.25) is 5.75 Å². The third kappa shape index (κ3) is 4.76. The third-order valence-corrected chi connectivity index (χ3v) is 6.06. The standard InChI is InChI=1S/C26H30N4O4/c1-32-22-14-18(15-23(33-2)25(22)34-3)19-16-28-26(27)24(29-19)21(31)13-17-9-5-6-10-20(17)30-11-7-4-8-12-30/h5-6,9-10,14-16H,4,7-8,11-13H2,1-3H3,(H2,27,28). The number of rotatable bonds is 8. The largest absolute Gasteiger partial charge is 0.493 e. The van der Waals surface area contributed by atoms with Gasteiger partial charge >= 0.3 is 0 Å². The summed E-state index contributed by atoms with van der Waals surface area (Å²) >= 11 is 0. The molecule has 0 atom stereocenters. The minimum absolute atomic E-state index is 0.108. The Balaban J connectivity index is 1.66. The van der Waals surface area contributed by atoms with Crippen LogP contribution >= 0.6 is 0 Å². The van der Waals surface area contributed by atoms with E-state index < -0.39 is 0 Å². The second kappa shape index (κ2) is 10.4. The Labute approximate surface area is 199 Å². The van der Waals surface area contributed by atoms with Gasteiger partial charge in [0, 0.05) is 30.8 Å². The predicted molar refractivity (Wildman–Crippen MR) is 132 cm³/mol. The monoisotopic (exact) mass is 462 g/mol. The van der Waals surface area contributed by atoms with Crippen molar-refractivity contribution in [2.45, 2.75) is 25.7 Å². The second-order valence-electron chi connectivity index (χ2n) is 8.18. The Hall–Kier alpha value is -3.81. The van der Waals surface area contributed by atoms with Gasteiger partial charge in [-0.1, -0.05) is 18.2 Å². The molecule has 8 heteroatoms. The minimum Gasteiger partial charge on any atom is -0.493 e. The van der Waals surface area contributed by atoms with Gasteiger partial charge < -0.3 is 24.8 Å². The van der Waals surface area contributed by atoms with Crippen molar-refractivity contribution in [3.05, 3.63) is 53.9 Å². The van der Waals surface area contributed by atoms with Gasteiger partial charge in [0.05, 0.1) is 33.2 Å². The lowest BCUT2D eigenvalue weighted by Crippen LogP contribution is -2.30. The molecule has 1 saturated heterocycles. The van der Waals surface area contributed by atoms with Crippen LogP contribution in [0.15, 0.2) is 42.6 Å². The van der Waals surface area contributed by atoms with Crippen molar-refractivity contribution in [2.75, 3.05) is 45.1 Å². The van der Waals surface area contributed by atoms with E-state index in [4.69, 9.17) is 19.9 Å². The highest BCUT2D eigenvalue weighted by atomic mass is 16.5. The van der Waals surface area contributed by atoms with Crippen LogP contribution in [0.2, 0.25) is 0 Å². The van der Waals surface area contributed by atoms with Crippen LogP contribution in [0.25, 0.3) is 11.3 Å². The molecular formula is C26H30N4O4. The molecule has 8 nitrogen and oxygen atoms in total. The molecule has 0 unspecified atom stereocenters. The zero-order chi connectivity index (χ0) is 24.1. The average molecular weight is 463 g/mol. The van der Waals surface area contributed by atoms with Crippen molar-refractivity contribution < 1.29 is 19.0 Å². The van der Waals surface area contributed by atoms with Crippen molar-refractivity contribution in [2.24, 2.45) is 0 Å². The van der Waals surface area contributed by atoms with Crippen molar-refractivity contribution >= 4 is 17.3 Å². The van der Waals surface area contributed by atoms with E-state index in [0.29, 0.717) is 28.5 Å². The summed E-state index contributed by atoms with van der Waals surface area (Å²) in [4.78, 5) is 24.5. The summed E-state index contributed by atoms with van der Waals surface area (Å²) in [5, 5.41) is 0. The minimum atomic E-state index is -0.177. The number of carbonyl (C=O) groups excluding carboxylic acids is 1. The van der Waals surface area contributed by atoms with Crippen molar-refractivity contribution in [3.8, 4) is 28.5 Å². The molecule has 1 aromatic heterocycles. The van der Waals surface area contributed by atoms with Gasteiger partial charge in [-0.2, -0.15) is 0 Å². The van der Waals surface area contributed by atoms with Crippen molar-refractivity contribution in [3.63, 3.8) is 0 Å². The molecule has 0 radical (unpaired) electrons. The smallest absolute Gasteiger partial charge is 0.203 e. The number of carbonyl (C=O) groups is 1. The first-order chi connectivity index (χ1) is 16.5. The van der Waals surface area contributed by atoms with E-state index in [9.17, 15) is 4.79 Å². The van der Waals surface area contributed by atoms with E-state index in [0.717, 1.165) is 37.2 Å². The number of methoxy groups -OCH3 is 3. The molecule has 3 aromatic rings. The van der Waals surface area contributed by atoms with E-state index in [-0.39, 0.29) is 23.7 Å². The van der Waals surface area contributed by atoms with Crippen LogP contribution < -0.4 is 24.8 Å². The molecule has 0 aliphatic carbocycles. The molecule has 1 fully saturated rings. The Kier molecular flexibility index (Phi) is 7.15. The highest BCUT2D eigenvalue weighted by Gasteiger charge is 2.21. The van der Waals surface area contributed by atoms with Gasteiger partial charge in [-0.25, -0.2) is 9.97 Å². The summed E-state index contributed by atoms with van der Waals surface area (Å²) in [5.74, 6) is 1.38. The van der Waals surface area contributed by atoms with Crippen molar-refractivity contribution in [1.29, 1.82) is 0 Å². The topological polar surface area (TPSA) is 99.8 Å². The highest BCUT2D eigenvalue weighted by molar-refractivity contribution is 6.00. The fourth-order valence-corrected chi connectivity index (χ4v) is 4.33. The van der Waals surface area contributed by atoms with E-state index >= 15 is 0 Å². The van der Waals surface area contributed by atoms with Crippen LogP contribution in [0.4, 0.5) is 11.5 Å². The third-order valence-electron chi connectivity index (χ3n) is 6.06. The molecule has 0 bridgehead atoms. The SMILES string of the molecule is COc1cc(-c2cnc(N)c(C(=O)Cc3ccccc3N3CCCCC3)n2)cc(OC)c1OC. The number of piperidine rings is 1. The number of nitrogens with zero attached hydrogens (tertiary/aromatic N) is 3. The molecule has 2 heterocycles. The lowest BCUT2D eigenvalue weighted by molar-refractivity contribution is 0.0989. The van der Waals surface area contributed by atoms with Gasteiger partial charge in [0.1, 0.15) is 5.69 Å². The van der Waals surface area contributed by atoms with Gasteiger partial charge in [0.15, 0.2) is 23.1 Å². The summed E-state index contributed by atoms with van der Waals surface area (Å²) in [6, 6.07) is 11.6. The van der Waals surface area contributed by atoms with E-state index in [1.807, 2.05) is 18.2 Å². The molecule has 1 aliphatic heterocycles. The van der Waals surface area contributed by atoms with Crippen LogP contribution in [0, 0.1) is 0 Å². The number of nitrogen functional groups attached to an aromatic ring is 1. The molecule has 4 rings (SSSR count). The van der Waals surface area contributed by atoms with Gasteiger partial charge in [-0.3, -0.25) is 4.79 Å². The second-order valence-corrected chi connectivity index (χ2v) is 8.18. The number of benzene rings is 2. The summed E-state index contributed by atoms with van der Waals surface area (Å²) < 4.78 is 16.3. The molecule has 178 valence electrons. The van der Waals surface area contributed by atoms with E-state index in [1.165, 1.54) is 12.6 Å². The Morgan fingerprint density at radius 2 is 1.68 bits per heavy atom. The van der Waals surface area contributed by atoms with Gasteiger partial charge in [-0.05, 0) is 43.0 Å². The van der Waals surface area contributed by atoms with Crippen LogP contribution in [0.1, 0.15) is 35.3 Å². The zero-order valence-corrected chi connectivity index (χ0v) is 19.8. The number of hydrogen-bond donors (Lipinski definition) is 1. The molecule has 34 heavy (non-hydrogen) atoms. The molecular weight excluding hydrogens is 432 g/mol. The number of para-hydroxylation sites is 1. The Morgan fingerprint density at radius 1 is 1.00 bits per heavy atom. The molecule has 2 aromatic carbocycles. The summed E-state index contributed by atoms with van der Waals surface area (Å²) in [6.45, 7) is 2.01. The lowest BCUT2D eigenvalue weighted by Gasteiger charge is -2.30. The number of hydrogen-bond acceptors (Lipinski definition) is 8. The van der Waals surface area contributed by atoms with E-state index in [1.54, 1.807) is 33.5 Å². The normalized spacial score (nSPS) is 13.4. The number of aromatic nitrogens is 2. The molecule has 0 spiro atoms. The Morgan fingerprint density at radius 3 is 2.32 bits per heavy atom. The molecule has 0 saturated carbocycles. The number of Topliss-reactive ketones (excluding diaryl/α,β-unsaturated/α-hetero) is 1. The zero-order valence-electron chi connectivity index (χ0n) is 19.8. The first-order valence-corrected chi connectivity index (χ1v) is 11.3. The van der Waals surface area contributed by atoms with E-state index in [2.05, 4.69) is 20.9 Å². The van der Waals surface area contributed by atoms with Crippen LogP contribution in [-0.4, -0.2) is 50.2 Å². The number of nitrogens with two attached hydrogens (primary N) is 1. The maximum absolute atomic E-state index is 13.3. The predicted octanol–water partition coefficient (Wildman–Crippen LogP) is 4.17. The highest BCUT2D eigenvalue weighted by Crippen LogP contribution is 2.41. The van der Waals surface area contributed by atoms with Gasteiger partial charge in [0.25, 0.3) is 0 Å². The maximum Gasteiger partial charge on any atom is 0.203 e. The van der Waals surface area contributed by atoms with Crippen LogP contribution in [0.3, 0.4) is 0 Å². The van der Waals surface area contributed by atoms with Crippen molar-refractivity contribution in [1.82, 2.24) is 9.97 Å². The summed E-state index contributed by atoms with van der Waals surface area (Å²) in [7, 11) is 4.64. The summed E-state index contributed by atoms with van der Waals surface area (Å²) in [6.07, 6.45) is 5.31. The van der Waals surface area contributed by atoms with Gasteiger partial charge in [-0.15, -0.1) is 0 Å². The van der Waals surface area contributed by atoms with Crippen LogP contribution in [0.5, 0.6) is 17.2 Å². The maximum atomic E-state index is 13.3. The fraction of sp³-hybridized carbons (Fsp3) is 0.346. The fourth-order valence-electron chi connectivity index (χ4n) is 4.33. The number of ether oxygens (including phenoxy) is 3. The first-order valence-electron chi connectivity index (χ1n) is 11.3. The first kappa shape index (κ1) is 23.4. The quantitative estimate of drug-likeness (QED) is 0.498. The van der Waals surface area contributed by atoms with Crippen LogP contribution in [-0.2, 0) is 6.42 Å². The average Bonchev–Trinajstić information content (AvgIpc) is 2.88. The summed E-state index contributed by atoms with van der Waals surface area (Å²) in [5.41, 5.74) is 9.46. The number of anilines is 2. The number of ketones is 1. The molecule has 2 N–H and O–H groups in total. The Bertz CT molecular complexity index is 1150.